The van der Waals surface area contributed by atoms with Gasteiger partial charge in [0, 0.05) is 4.47 Å². The number of rotatable bonds is 2. The molecule has 18 heavy (non-hydrogen) atoms. The van der Waals surface area contributed by atoms with Gasteiger partial charge in [-0.15, -0.1) is 0 Å². The van der Waals surface area contributed by atoms with Crippen LogP contribution in [0.5, 0.6) is 11.5 Å². The van der Waals surface area contributed by atoms with Crippen LogP contribution in [0.3, 0.4) is 0 Å². The predicted molar refractivity (Wildman–Crippen MR) is 70.3 cm³/mol. The number of hydrogen-bond acceptors (Lipinski definition) is 2. The van der Waals surface area contributed by atoms with E-state index >= 15 is 0 Å². The first-order valence-electron chi connectivity index (χ1n) is 4.93. The van der Waals surface area contributed by atoms with E-state index in [1.54, 1.807) is 24.3 Å². The van der Waals surface area contributed by atoms with Gasteiger partial charge >= 0.3 is 0 Å². The third kappa shape index (κ3) is 2.63. The maximum atomic E-state index is 13.4. The van der Waals surface area contributed by atoms with E-state index in [4.69, 9.17) is 21.6 Å². The summed E-state index contributed by atoms with van der Waals surface area (Å²) < 4.78 is 19.6. The highest BCUT2D eigenvalue weighted by Crippen LogP contribution is 2.33. The third-order valence-electron chi connectivity index (χ3n) is 2.20. The maximum Gasteiger partial charge on any atom is 0.148 e. The Morgan fingerprint density at radius 3 is 2.72 bits per heavy atom. The van der Waals surface area contributed by atoms with Gasteiger partial charge in [-0.1, -0.05) is 33.6 Å². The standard InChI is InChI=1S/C13H6BrClFNO/c14-8-4-5-10(15)13(6-8)18-12-3-1-2-11(16)9(12)7-17/h1-6H. The minimum atomic E-state index is -0.624. The van der Waals surface area contributed by atoms with Crippen LogP contribution in [-0.2, 0) is 0 Å². The lowest BCUT2D eigenvalue weighted by Crippen LogP contribution is -1.92. The zero-order chi connectivity index (χ0) is 13.1. The maximum absolute atomic E-state index is 13.4. The summed E-state index contributed by atoms with van der Waals surface area (Å²) in [6.45, 7) is 0. The van der Waals surface area contributed by atoms with Gasteiger partial charge in [0.05, 0.1) is 5.02 Å². The van der Waals surface area contributed by atoms with E-state index in [0.29, 0.717) is 10.8 Å². The van der Waals surface area contributed by atoms with Gasteiger partial charge in [0.15, 0.2) is 0 Å². The molecule has 0 fully saturated rings. The molecule has 0 aliphatic rings. The summed E-state index contributed by atoms with van der Waals surface area (Å²) in [5.74, 6) is -0.133. The van der Waals surface area contributed by atoms with E-state index in [0.717, 1.165) is 4.47 Å². The number of nitriles is 1. The molecule has 2 aromatic rings. The molecule has 0 amide bonds. The monoisotopic (exact) mass is 325 g/mol. The second-order valence-corrected chi connectivity index (χ2v) is 4.72. The summed E-state index contributed by atoms with van der Waals surface area (Å²) in [6.07, 6.45) is 0. The van der Waals surface area contributed by atoms with Crippen molar-refractivity contribution < 1.29 is 9.13 Å². The number of ether oxygens (including phenoxy) is 1. The molecule has 0 heterocycles. The Morgan fingerprint density at radius 2 is 2.00 bits per heavy atom. The van der Waals surface area contributed by atoms with E-state index in [1.165, 1.54) is 18.2 Å². The van der Waals surface area contributed by atoms with E-state index < -0.39 is 5.82 Å². The molecule has 0 bridgehead atoms. The van der Waals surface area contributed by atoms with Crippen LogP contribution < -0.4 is 4.74 Å². The highest BCUT2D eigenvalue weighted by atomic mass is 79.9. The minimum Gasteiger partial charge on any atom is -0.454 e. The molecule has 2 aromatic carbocycles. The summed E-state index contributed by atoms with van der Waals surface area (Å²) in [5, 5.41) is 9.27. The molecule has 0 aromatic heterocycles. The Balaban J connectivity index is 2.44. The summed E-state index contributed by atoms with van der Waals surface area (Å²) >= 11 is 9.24. The van der Waals surface area contributed by atoms with Crippen LogP contribution in [0.2, 0.25) is 5.02 Å². The van der Waals surface area contributed by atoms with Crippen LogP contribution in [0.4, 0.5) is 4.39 Å². The van der Waals surface area contributed by atoms with Crippen molar-refractivity contribution in [1.29, 1.82) is 5.26 Å². The molecule has 0 spiro atoms. The molecule has 0 saturated heterocycles. The predicted octanol–water partition coefficient (Wildman–Crippen LogP) is 4.91. The van der Waals surface area contributed by atoms with Crippen molar-refractivity contribution >= 4 is 27.5 Å². The molecular formula is C13H6BrClFNO. The molecule has 0 radical (unpaired) electrons. The zero-order valence-corrected chi connectivity index (χ0v) is 11.3. The Morgan fingerprint density at radius 1 is 1.22 bits per heavy atom. The fourth-order valence-electron chi connectivity index (χ4n) is 1.37. The number of hydrogen-bond donors (Lipinski definition) is 0. The topological polar surface area (TPSA) is 33.0 Å². The number of nitrogens with zero attached hydrogens (tertiary/aromatic N) is 1. The van der Waals surface area contributed by atoms with Crippen molar-refractivity contribution in [3.63, 3.8) is 0 Å². The van der Waals surface area contributed by atoms with E-state index in [9.17, 15) is 4.39 Å². The summed E-state index contributed by atoms with van der Waals surface area (Å²) in [4.78, 5) is 0. The van der Waals surface area contributed by atoms with Crippen molar-refractivity contribution in [3.05, 3.63) is 57.3 Å². The van der Waals surface area contributed by atoms with Gasteiger partial charge < -0.3 is 4.74 Å². The third-order valence-corrected chi connectivity index (χ3v) is 3.01. The van der Waals surface area contributed by atoms with Crippen molar-refractivity contribution in [3.8, 4) is 17.6 Å². The first-order chi connectivity index (χ1) is 8.61. The zero-order valence-electron chi connectivity index (χ0n) is 8.95. The van der Waals surface area contributed by atoms with Crippen LogP contribution in [0.25, 0.3) is 0 Å². The van der Waals surface area contributed by atoms with Gasteiger partial charge in [-0.3, -0.25) is 0 Å². The van der Waals surface area contributed by atoms with Gasteiger partial charge in [-0.25, -0.2) is 4.39 Å². The molecule has 2 nitrogen and oxygen atoms in total. The van der Waals surface area contributed by atoms with Gasteiger partial charge in [0.1, 0.15) is 28.9 Å². The largest absolute Gasteiger partial charge is 0.454 e. The Kier molecular flexibility index (Phi) is 3.85. The molecule has 0 unspecified atom stereocenters. The van der Waals surface area contributed by atoms with Crippen molar-refractivity contribution in [2.45, 2.75) is 0 Å². The van der Waals surface area contributed by atoms with Gasteiger partial charge in [-0.05, 0) is 30.3 Å². The molecule has 0 aliphatic heterocycles. The second-order valence-electron chi connectivity index (χ2n) is 3.40. The number of benzene rings is 2. The lowest BCUT2D eigenvalue weighted by atomic mass is 10.2. The molecule has 0 atom stereocenters. The van der Waals surface area contributed by atoms with Crippen molar-refractivity contribution in [2.75, 3.05) is 0 Å². The Labute approximate surface area is 117 Å². The minimum absolute atomic E-state index is 0.137. The smallest absolute Gasteiger partial charge is 0.148 e. The van der Waals surface area contributed by atoms with E-state index in [-0.39, 0.29) is 11.3 Å². The van der Waals surface area contributed by atoms with E-state index in [2.05, 4.69) is 15.9 Å². The molecular weight excluding hydrogens is 321 g/mol. The van der Waals surface area contributed by atoms with Crippen LogP contribution in [0.1, 0.15) is 5.56 Å². The SMILES string of the molecule is N#Cc1c(F)cccc1Oc1cc(Br)ccc1Cl. The first kappa shape index (κ1) is 12.9. The normalized spacial score (nSPS) is 9.89. The van der Waals surface area contributed by atoms with Crippen LogP contribution in [-0.4, -0.2) is 0 Å². The molecule has 2 rings (SSSR count). The van der Waals surface area contributed by atoms with Gasteiger partial charge in [0.25, 0.3) is 0 Å². The average Bonchev–Trinajstić information content (AvgIpc) is 2.34. The quantitative estimate of drug-likeness (QED) is 0.786. The lowest BCUT2D eigenvalue weighted by molar-refractivity contribution is 0.474. The Bertz CT molecular complexity index is 639. The fourth-order valence-corrected chi connectivity index (χ4v) is 1.87. The van der Waals surface area contributed by atoms with Crippen molar-refractivity contribution in [2.24, 2.45) is 0 Å². The molecule has 0 N–H and O–H groups in total. The van der Waals surface area contributed by atoms with Gasteiger partial charge in [0.2, 0.25) is 0 Å². The second kappa shape index (κ2) is 5.38. The van der Waals surface area contributed by atoms with Crippen LogP contribution >= 0.6 is 27.5 Å². The summed E-state index contributed by atoms with van der Waals surface area (Å²) in [6, 6.07) is 11.0. The summed E-state index contributed by atoms with van der Waals surface area (Å²) in [5.41, 5.74) is -0.145. The average molecular weight is 327 g/mol. The fraction of sp³-hybridized carbons (Fsp3) is 0. The van der Waals surface area contributed by atoms with Crippen molar-refractivity contribution in [1.82, 2.24) is 0 Å². The summed E-state index contributed by atoms with van der Waals surface area (Å²) in [7, 11) is 0. The van der Waals surface area contributed by atoms with Crippen LogP contribution in [0.15, 0.2) is 40.9 Å². The highest BCUT2D eigenvalue weighted by molar-refractivity contribution is 9.10. The number of halogens is 3. The van der Waals surface area contributed by atoms with E-state index in [1.807, 2.05) is 0 Å². The highest BCUT2D eigenvalue weighted by Gasteiger charge is 2.11. The lowest BCUT2D eigenvalue weighted by Gasteiger charge is -2.09. The molecule has 0 aliphatic carbocycles. The molecule has 90 valence electrons. The van der Waals surface area contributed by atoms with Crippen LogP contribution in [0, 0.1) is 17.1 Å². The molecule has 0 saturated carbocycles. The first-order valence-corrected chi connectivity index (χ1v) is 6.10. The van der Waals surface area contributed by atoms with Gasteiger partial charge in [-0.2, -0.15) is 5.26 Å². The molecule has 5 heteroatoms. The Hall–Kier alpha value is -1.57.